The molecule has 1 aliphatic heterocycles. The minimum Gasteiger partial charge on any atom is -0.381 e. The van der Waals surface area contributed by atoms with Crippen molar-refractivity contribution in [2.24, 2.45) is 7.05 Å². The molecule has 112 valence electrons. The summed E-state index contributed by atoms with van der Waals surface area (Å²) in [5.74, 6) is 0.115. The minimum absolute atomic E-state index is 0.101. The molecule has 2 aromatic rings. The predicted molar refractivity (Wildman–Crippen MR) is 79.4 cm³/mol. The number of ether oxygens (including phenoxy) is 1. The average molecular weight is 306 g/mol. The van der Waals surface area contributed by atoms with E-state index in [1.165, 1.54) is 0 Å². The van der Waals surface area contributed by atoms with E-state index < -0.39 is 0 Å². The Balaban J connectivity index is 1.71. The third-order valence-electron chi connectivity index (χ3n) is 3.52. The highest BCUT2D eigenvalue weighted by Crippen LogP contribution is 2.26. The molecule has 7 heteroatoms. The zero-order valence-electron chi connectivity index (χ0n) is 12.1. The number of hydrogen-bond acceptors (Lipinski definition) is 5. The second kappa shape index (κ2) is 5.95. The van der Waals surface area contributed by atoms with Crippen molar-refractivity contribution in [2.45, 2.75) is 25.8 Å². The van der Waals surface area contributed by atoms with Gasteiger partial charge in [0.1, 0.15) is 0 Å². The number of carbonyl (C=O) groups is 1. The van der Waals surface area contributed by atoms with Gasteiger partial charge in [0.25, 0.3) is 5.91 Å². The molecule has 1 aliphatic rings. The van der Waals surface area contributed by atoms with Crippen LogP contribution in [-0.4, -0.2) is 33.9 Å². The normalized spacial score (nSPS) is 18.1. The van der Waals surface area contributed by atoms with Crippen molar-refractivity contribution < 1.29 is 9.53 Å². The van der Waals surface area contributed by atoms with Crippen LogP contribution in [0.4, 0.5) is 0 Å². The molecule has 3 rings (SSSR count). The number of aryl methyl sites for hydroxylation is 2. The maximum atomic E-state index is 12.4. The third kappa shape index (κ3) is 3.14. The maximum Gasteiger partial charge on any atom is 0.255 e. The van der Waals surface area contributed by atoms with Crippen LogP contribution in [-0.2, 0) is 18.3 Å². The van der Waals surface area contributed by atoms with Crippen LogP contribution in [0.3, 0.4) is 0 Å². The van der Waals surface area contributed by atoms with Crippen LogP contribution in [0.1, 0.15) is 39.1 Å². The van der Waals surface area contributed by atoms with Crippen molar-refractivity contribution in [3.63, 3.8) is 0 Å². The van der Waals surface area contributed by atoms with E-state index in [1.54, 1.807) is 22.2 Å². The smallest absolute Gasteiger partial charge is 0.255 e. The molecule has 0 unspecified atom stereocenters. The highest BCUT2D eigenvalue weighted by Gasteiger charge is 2.26. The Bertz CT molecular complexity index is 643. The fourth-order valence-electron chi connectivity index (χ4n) is 2.49. The summed E-state index contributed by atoms with van der Waals surface area (Å²) >= 11 is 1.58. The van der Waals surface area contributed by atoms with Crippen molar-refractivity contribution in [2.75, 3.05) is 13.2 Å². The number of hydrogen-bond donors (Lipinski definition) is 1. The Hall–Kier alpha value is -1.73. The van der Waals surface area contributed by atoms with Gasteiger partial charge < -0.3 is 10.1 Å². The van der Waals surface area contributed by atoms with Crippen LogP contribution in [0.25, 0.3) is 0 Å². The highest BCUT2D eigenvalue weighted by atomic mass is 32.1. The van der Waals surface area contributed by atoms with E-state index in [4.69, 9.17) is 4.74 Å². The number of nitrogens with one attached hydrogen (secondary N) is 1. The lowest BCUT2D eigenvalue weighted by Gasteiger charge is -2.07. The third-order valence-corrected chi connectivity index (χ3v) is 4.34. The van der Waals surface area contributed by atoms with Crippen molar-refractivity contribution in [3.8, 4) is 0 Å². The molecular formula is C14H18N4O2S. The van der Waals surface area contributed by atoms with Gasteiger partial charge in [-0.15, -0.1) is 11.3 Å². The first-order chi connectivity index (χ1) is 10.1. The van der Waals surface area contributed by atoms with Gasteiger partial charge in [-0.2, -0.15) is 5.10 Å². The predicted octanol–water partition coefficient (Wildman–Crippen LogP) is 1.62. The lowest BCUT2D eigenvalue weighted by atomic mass is 10.0. The first-order valence-electron chi connectivity index (χ1n) is 6.94. The minimum atomic E-state index is -0.101. The molecule has 3 heterocycles. The lowest BCUT2D eigenvalue weighted by molar-refractivity contribution is 0.0949. The molecule has 0 aliphatic carbocycles. The van der Waals surface area contributed by atoms with E-state index >= 15 is 0 Å². The van der Waals surface area contributed by atoms with Gasteiger partial charge in [-0.3, -0.25) is 9.48 Å². The molecule has 1 N–H and O–H groups in total. The Labute approximate surface area is 127 Å². The molecule has 0 bridgehead atoms. The zero-order valence-corrected chi connectivity index (χ0v) is 12.9. The van der Waals surface area contributed by atoms with Crippen molar-refractivity contribution >= 4 is 17.2 Å². The molecule has 1 fully saturated rings. The fourth-order valence-corrected chi connectivity index (χ4v) is 3.10. The second-order valence-corrected chi connectivity index (χ2v) is 6.26. The van der Waals surface area contributed by atoms with Gasteiger partial charge in [-0.1, -0.05) is 0 Å². The molecule has 0 aromatic carbocycles. The van der Waals surface area contributed by atoms with Gasteiger partial charge in [-0.05, 0) is 13.3 Å². The molecule has 1 amide bonds. The average Bonchev–Trinajstić information content (AvgIpc) is 3.16. The summed E-state index contributed by atoms with van der Waals surface area (Å²) in [6.07, 6.45) is 2.69. The zero-order chi connectivity index (χ0) is 14.8. The molecule has 0 saturated carbocycles. The van der Waals surface area contributed by atoms with E-state index in [0.717, 1.165) is 29.4 Å². The fraction of sp³-hybridized carbons (Fsp3) is 0.500. The number of aromatic nitrogens is 3. The summed E-state index contributed by atoms with van der Waals surface area (Å²) in [6.45, 7) is 3.77. The van der Waals surface area contributed by atoms with Crippen LogP contribution in [0.15, 0.2) is 11.6 Å². The quantitative estimate of drug-likeness (QED) is 0.932. The lowest BCUT2D eigenvalue weighted by Crippen LogP contribution is -2.24. The van der Waals surface area contributed by atoms with Crippen molar-refractivity contribution in [1.82, 2.24) is 20.1 Å². The van der Waals surface area contributed by atoms with Gasteiger partial charge in [0.15, 0.2) is 0 Å². The Morgan fingerprint density at radius 3 is 3.14 bits per heavy atom. The number of amides is 1. The van der Waals surface area contributed by atoms with Crippen LogP contribution in [0.2, 0.25) is 0 Å². The van der Waals surface area contributed by atoms with Crippen molar-refractivity contribution in [3.05, 3.63) is 33.5 Å². The van der Waals surface area contributed by atoms with Crippen LogP contribution < -0.4 is 5.32 Å². The van der Waals surface area contributed by atoms with E-state index in [0.29, 0.717) is 18.7 Å². The molecular weight excluding hydrogens is 288 g/mol. The molecule has 21 heavy (non-hydrogen) atoms. The monoisotopic (exact) mass is 306 g/mol. The molecule has 1 saturated heterocycles. The Morgan fingerprint density at radius 1 is 1.62 bits per heavy atom. The molecule has 1 atom stereocenters. The van der Waals surface area contributed by atoms with Crippen LogP contribution >= 0.6 is 11.3 Å². The number of nitrogens with zero attached hydrogens (tertiary/aromatic N) is 3. The summed E-state index contributed by atoms with van der Waals surface area (Å²) < 4.78 is 7.09. The topological polar surface area (TPSA) is 69.0 Å². The number of thiazole rings is 1. The van der Waals surface area contributed by atoms with Gasteiger partial charge in [-0.25, -0.2) is 4.98 Å². The molecule has 0 radical (unpaired) electrons. The highest BCUT2D eigenvalue weighted by molar-refractivity contribution is 7.09. The van der Waals surface area contributed by atoms with E-state index in [2.05, 4.69) is 15.4 Å². The first kappa shape index (κ1) is 14.2. The van der Waals surface area contributed by atoms with E-state index in [9.17, 15) is 4.79 Å². The summed E-state index contributed by atoms with van der Waals surface area (Å²) in [5.41, 5.74) is 2.36. The number of rotatable bonds is 4. The summed E-state index contributed by atoms with van der Waals surface area (Å²) in [7, 11) is 1.83. The van der Waals surface area contributed by atoms with Crippen LogP contribution in [0.5, 0.6) is 0 Å². The molecule has 2 aromatic heterocycles. The van der Waals surface area contributed by atoms with E-state index in [-0.39, 0.29) is 11.8 Å². The van der Waals surface area contributed by atoms with E-state index in [1.807, 2.05) is 19.4 Å². The van der Waals surface area contributed by atoms with Crippen LogP contribution in [0, 0.1) is 6.92 Å². The summed E-state index contributed by atoms with van der Waals surface area (Å²) in [4.78, 5) is 16.7. The standard InChI is InChI=1S/C14H18N4O2S/c1-9-16-11(8-21-9)5-15-14(19)12-6-18(2)17-13(12)10-3-4-20-7-10/h6,8,10H,3-5,7H2,1-2H3,(H,15,19)/t10-/m1/s1. The largest absolute Gasteiger partial charge is 0.381 e. The first-order valence-corrected chi connectivity index (χ1v) is 7.82. The van der Waals surface area contributed by atoms with Gasteiger partial charge >= 0.3 is 0 Å². The SMILES string of the molecule is Cc1nc(CNC(=O)c2cn(C)nc2[C@@H]2CCOC2)cs1. The molecule has 6 nitrogen and oxygen atoms in total. The Kier molecular flexibility index (Phi) is 4.03. The molecule has 0 spiro atoms. The summed E-state index contributed by atoms with van der Waals surface area (Å²) in [6, 6.07) is 0. The summed E-state index contributed by atoms with van der Waals surface area (Å²) in [5, 5.41) is 10.3. The van der Waals surface area contributed by atoms with Gasteiger partial charge in [0.2, 0.25) is 0 Å². The Morgan fingerprint density at radius 2 is 2.48 bits per heavy atom. The maximum absolute atomic E-state index is 12.4. The van der Waals surface area contributed by atoms with Crippen molar-refractivity contribution in [1.29, 1.82) is 0 Å². The second-order valence-electron chi connectivity index (χ2n) is 5.20. The number of carbonyl (C=O) groups excluding carboxylic acids is 1. The van der Waals surface area contributed by atoms with Gasteiger partial charge in [0, 0.05) is 31.1 Å². The van der Waals surface area contributed by atoms with Gasteiger partial charge in [0.05, 0.1) is 35.1 Å².